The summed E-state index contributed by atoms with van der Waals surface area (Å²) in [5, 5.41) is 0. The van der Waals surface area contributed by atoms with Crippen LogP contribution in [0.5, 0.6) is 0 Å². The van der Waals surface area contributed by atoms with Gasteiger partial charge in [0.2, 0.25) is 0 Å². The summed E-state index contributed by atoms with van der Waals surface area (Å²) in [7, 11) is 0. The molecule has 1 aliphatic heterocycles. The topological polar surface area (TPSA) is 50.1 Å². The molecule has 0 spiro atoms. The van der Waals surface area contributed by atoms with E-state index in [-0.39, 0.29) is 0 Å². The van der Waals surface area contributed by atoms with Crippen molar-refractivity contribution in [3.8, 4) is 11.4 Å². The molecule has 6 nitrogen and oxygen atoms in total. The number of aromatic nitrogens is 4. The number of nitrogens with zero attached hydrogens (tertiary/aromatic N) is 6. The van der Waals surface area contributed by atoms with E-state index in [0.29, 0.717) is 0 Å². The van der Waals surface area contributed by atoms with Gasteiger partial charge in [0.05, 0.1) is 6.54 Å². The summed E-state index contributed by atoms with van der Waals surface area (Å²) in [4.78, 5) is 19.5. The summed E-state index contributed by atoms with van der Waals surface area (Å²) < 4.78 is 2.23. The standard InChI is InChI=1S/C23H28N6/c1-2-28-12-11-24-21(28)17-27-13-15-29(16-14-27)23-19-9-6-10-20(19)25-22(26-23)18-7-4-3-5-8-18/h3-5,7-8,11-12H,2,6,9-10,13-17H2,1H3. The van der Waals surface area contributed by atoms with Crippen LogP contribution in [-0.2, 0) is 25.9 Å². The van der Waals surface area contributed by atoms with Crippen LogP contribution in [0.25, 0.3) is 11.4 Å². The first kappa shape index (κ1) is 18.3. The highest BCUT2D eigenvalue weighted by Crippen LogP contribution is 2.32. The second-order valence-electron chi connectivity index (χ2n) is 7.91. The van der Waals surface area contributed by atoms with E-state index in [4.69, 9.17) is 9.97 Å². The van der Waals surface area contributed by atoms with Crippen molar-refractivity contribution in [2.45, 2.75) is 39.3 Å². The number of fused-ring (bicyclic) bond motifs is 1. The Hall–Kier alpha value is -2.73. The lowest BCUT2D eigenvalue weighted by molar-refractivity contribution is 0.240. The van der Waals surface area contributed by atoms with Crippen molar-refractivity contribution in [1.82, 2.24) is 24.4 Å². The molecule has 0 N–H and O–H groups in total. The Morgan fingerprint density at radius 3 is 2.59 bits per heavy atom. The molecule has 0 radical (unpaired) electrons. The van der Waals surface area contributed by atoms with E-state index in [1.165, 1.54) is 23.5 Å². The predicted molar refractivity (Wildman–Crippen MR) is 115 cm³/mol. The third-order valence-corrected chi connectivity index (χ3v) is 6.12. The highest BCUT2D eigenvalue weighted by molar-refractivity contribution is 5.61. The molecule has 0 bridgehead atoms. The van der Waals surface area contributed by atoms with Crippen LogP contribution in [0.3, 0.4) is 0 Å². The molecule has 29 heavy (non-hydrogen) atoms. The summed E-state index contributed by atoms with van der Waals surface area (Å²) in [5.74, 6) is 3.20. The highest BCUT2D eigenvalue weighted by Gasteiger charge is 2.26. The third kappa shape index (κ3) is 3.65. The van der Waals surface area contributed by atoms with Crippen molar-refractivity contribution >= 4 is 5.82 Å². The zero-order chi connectivity index (χ0) is 19.6. The van der Waals surface area contributed by atoms with Crippen LogP contribution in [0.2, 0.25) is 0 Å². The average Bonchev–Trinajstić information content (AvgIpc) is 3.43. The fraction of sp³-hybridized carbons (Fsp3) is 0.435. The number of rotatable bonds is 5. The van der Waals surface area contributed by atoms with Gasteiger partial charge in [-0.15, -0.1) is 0 Å². The molecule has 0 unspecified atom stereocenters. The van der Waals surface area contributed by atoms with Gasteiger partial charge in [0, 0.05) is 61.9 Å². The highest BCUT2D eigenvalue weighted by atomic mass is 15.3. The molecule has 150 valence electrons. The van der Waals surface area contributed by atoms with Gasteiger partial charge in [-0.3, -0.25) is 4.90 Å². The number of imidazole rings is 1. The van der Waals surface area contributed by atoms with E-state index < -0.39 is 0 Å². The van der Waals surface area contributed by atoms with Gasteiger partial charge < -0.3 is 9.47 Å². The zero-order valence-electron chi connectivity index (χ0n) is 17.1. The molecule has 1 saturated heterocycles. The summed E-state index contributed by atoms with van der Waals surface area (Å²) in [6.07, 6.45) is 7.35. The van der Waals surface area contributed by atoms with Crippen LogP contribution in [-0.4, -0.2) is 50.6 Å². The molecule has 1 aromatic carbocycles. The minimum Gasteiger partial charge on any atom is -0.354 e. The monoisotopic (exact) mass is 388 g/mol. The van der Waals surface area contributed by atoms with Gasteiger partial charge in [0.25, 0.3) is 0 Å². The van der Waals surface area contributed by atoms with Gasteiger partial charge in [-0.1, -0.05) is 30.3 Å². The first-order chi connectivity index (χ1) is 14.3. The Bertz CT molecular complexity index is 972. The van der Waals surface area contributed by atoms with Crippen LogP contribution in [0, 0.1) is 0 Å². The van der Waals surface area contributed by atoms with E-state index in [1.54, 1.807) is 0 Å². The fourth-order valence-electron chi connectivity index (χ4n) is 4.49. The van der Waals surface area contributed by atoms with Crippen LogP contribution in [0.15, 0.2) is 42.7 Å². The van der Waals surface area contributed by atoms with E-state index in [9.17, 15) is 0 Å². The summed E-state index contributed by atoms with van der Waals surface area (Å²) >= 11 is 0. The Labute approximate surface area is 172 Å². The largest absolute Gasteiger partial charge is 0.354 e. The SMILES string of the molecule is CCn1ccnc1CN1CCN(c2nc(-c3ccccc3)nc3c2CCC3)CC1. The number of hydrogen-bond acceptors (Lipinski definition) is 5. The molecular formula is C23H28N6. The molecule has 2 aliphatic rings. The molecule has 3 aromatic rings. The Balaban J connectivity index is 1.35. The number of benzene rings is 1. The van der Waals surface area contributed by atoms with E-state index in [2.05, 4.69) is 56.7 Å². The second-order valence-corrected chi connectivity index (χ2v) is 7.91. The molecule has 0 atom stereocenters. The number of anilines is 1. The van der Waals surface area contributed by atoms with Crippen molar-refractivity contribution in [2.24, 2.45) is 0 Å². The number of aryl methyl sites for hydroxylation is 2. The minimum absolute atomic E-state index is 0.869. The Kier molecular flexibility index (Phi) is 5.02. The van der Waals surface area contributed by atoms with Crippen molar-refractivity contribution in [2.75, 3.05) is 31.1 Å². The summed E-state index contributed by atoms with van der Waals surface area (Å²) in [6, 6.07) is 10.4. The molecule has 0 saturated carbocycles. The molecule has 0 amide bonds. The maximum absolute atomic E-state index is 5.05. The van der Waals surface area contributed by atoms with Crippen LogP contribution < -0.4 is 4.90 Å². The van der Waals surface area contributed by atoms with Crippen molar-refractivity contribution in [3.05, 3.63) is 59.8 Å². The predicted octanol–water partition coefficient (Wildman–Crippen LogP) is 3.17. The molecule has 2 aromatic heterocycles. The second kappa shape index (κ2) is 7.95. The normalized spacial score (nSPS) is 16.9. The van der Waals surface area contributed by atoms with E-state index in [0.717, 1.165) is 69.3 Å². The smallest absolute Gasteiger partial charge is 0.161 e. The van der Waals surface area contributed by atoms with E-state index >= 15 is 0 Å². The molecule has 3 heterocycles. The van der Waals surface area contributed by atoms with Crippen molar-refractivity contribution < 1.29 is 0 Å². The first-order valence-electron chi connectivity index (χ1n) is 10.7. The van der Waals surface area contributed by atoms with Crippen molar-refractivity contribution in [1.29, 1.82) is 0 Å². The van der Waals surface area contributed by atoms with Gasteiger partial charge >= 0.3 is 0 Å². The lowest BCUT2D eigenvalue weighted by Gasteiger charge is -2.36. The number of piperazine rings is 1. The Morgan fingerprint density at radius 2 is 1.79 bits per heavy atom. The van der Waals surface area contributed by atoms with Gasteiger partial charge in [-0.05, 0) is 26.2 Å². The van der Waals surface area contributed by atoms with E-state index in [1.807, 2.05) is 12.3 Å². The van der Waals surface area contributed by atoms with Gasteiger partial charge in [-0.25, -0.2) is 15.0 Å². The van der Waals surface area contributed by atoms with Crippen LogP contribution >= 0.6 is 0 Å². The van der Waals surface area contributed by atoms with Gasteiger partial charge in [0.15, 0.2) is 5.82 Å². The van der Waals surface area contributed by atoms with Crippen LogP contribution in [0.1, 0.15) is 30.4 Å². The first-order valence-corrected chi connectivity index (χ1v) is 10.7. The molecule has 1 aliphatic carbocycles. The average molecular weight is 389 g/mol. The van der Waals surface area contributed by atoms with Crippen LogP contribution in [0.4, 0.5) is 5.82 Å². The maximum Gasteiger partial charge on any atom is 0.161 e. The van der Waals surface area contributed by atoms with Crippen molar-refractivity contribution in [3.63, 3.8) is 0 Å². The Morgan fingerprint density at radius 1 is 0.966 bits per heavy atom. The summed E-state index contributed by atoms with van der Waals surface area (Å²) in [6.45, 7) is 8.15. The molecule has 6 heteroatoms. The molecular weight excluding hydrogens is 360 g/mol. The maximum atomic E-state index is 5.05. The summed E-state index contributed by atoms with van der Waals surface area (Å²) in [5.41, 5.74) is 3.73. The third-order valence-electron chi connectivity index (χ3n) is 6.12. The molecule has 1 fully saturated rings. The van der Waals surface area contributed by atoms with Gasteiger partial charge in [-0.2, -0.15) is 0 Å². The molecule has 5 rings (SSSR count). The fourth-order valence-corrected chi connectivity index (χ4v) is 4.49. The lowest BCUT2D eigenvalue weighted by Crippen LogP contribution is -2.47. The lowest BCUT2D eigenvalue weighted by atomic mass is 10.1. The zero-order valence-corrected chi connectivity index (χ0v) is 17.1. The minimum atomic E-state index is 0.869. The van der Waals surface area contributed by atoms with Gasteiger partial charge in [0.1, 0.15) is 11.6 Å². The number of hydrogen-bond donors (Lipinski definition) is 0. The quantitative estimate of drug-likeness (QED) is 0.672.